The third-order valence-electron chi connectivity index (χ3n) is 10.8. The van der Waals surface area contributed by atoms with Crippen LogP contribution in [0.25, 0.3) is 67.3 Å². The number of aromatic nitrogens is 2. The first-order valence-corrected chi connectivity index (χ1v) is 17.6. The van der Waals surface area contributed by atoms with Crippen LogP contribution in [0.5, 0.6) is 0 Å². The van der Waals surface area contributed by atoms with E-state index in [1.165, 1.54) is 63.8 Å². The molecule has 1 saturated carbocycles. The highest BCUT2D eigenvalue weighted by atomic mass is 14.9. The molecule has 0 radical (unpaired) electrons. The summed E-state index contributed by atoms with van der Waals surface area (Å²) in [6.45, 7) is 0. The van der Waals surface area contributed by atoms with Crippen LogP contribution in [0.4, 0.5) is 0 Å². The fourth-order valence-electron chi connectivity index (χ4n) is 8.40. The highest BCUT2D eigenvalue weighted by Gasteiger charge is 2.46. The Morgan fingerprint density at radius 3 is 1.66 bits per heavy atom. The van der Waals surface area contributed by atoms with Gasteiger partial charge in [0.1, 0.15) is 0 Å². The zero-order valence-electron chi connectivity index (χ0n) is 27.8. The molecule has 3 heteroatoms. The van der Waals surface area contributed by atoms with E-state index in [0.717, 1.165) is 46.5 Å². The molecule has 0 N–H and O–H groups in total. The summed E-state index contributed by atoms with van der Waals surface area (Å²) in [6, 6.07) is 55.8. The second-order valence-corrected chi connectivity index (χ2v) is 13.6. The third-order valence-corrected chi connectivity index (χ3v) is 10.8. The number of nitriles is 1. The molecule has 50 heavy (non-hydrogen) atoms. The fraction of sp³-hybridized carbons (Fsp3) is 0.128. The molecule has 2 aliphatic carbocycles. The van der Waals surface area contributed by atoms with Gasteiger partial charge in [-0.05, 0) is 69.5 Å². The normalized spacial score (nSPS) is 14.1. The lowest BCUT2D eigenvalue weighted by Gasteiger charge is -2.36. The van der Waals surface area contributed by atoms with Crippen LogP contribution in [-0.2, 0) is 5.41 Å². The van der Waals surface area contributed by atoms with Crippen LogP contribution in [0.1, 0.15) is 48.8 Å². The Bertz CT molecular complexity index is 2380. The van der Waals surface area contributed by atoms with E-state index >= 15 is 0 Å². The maximum absolute atomic E-state index is 10.2. The van der Waals surface area contributed by atoms with E-state index in [1.807, 2.05) is 30.3 Å². The van der Waals surface area contributed by atoms with Crippen molar-refractivity contribution in [2.24, 2.45) is 0 Å². The van der Waals surface area contributed by atoms with Gasteiger partial charge in [-0.2, -0.15) is 5.26 Å². The minimum absolute atomic E-state index is 0.0737. The van der Waals surface area contributed by atoms with Crippen molar-refractivity contribution in [1.29, 1.82) is 5.26 Å². The van der Waals surface area contributed by atoms with Gasteiger partial charge in [0, 0.05) is 22.1 Å². The van der Waals surface area contributed by atoms with Crippen LogP contribution in [0.15, 0.2) is 152 Å². The van der Waals surface area contributed by atoms with Crippen molar-refractivity contribution in [3.63, 3.8) is 0 Å². The second kappa shape index (κ2) is 12.4. The van der Waals surface area contributed by atoms with Crippen LogP contribution in [0.2, 0.25) is 0 Å². The van der Waals surface area contributed by atoms with Gasteiger partial charge in [0.05, 0.1) is 23.0 Å². The minimum Gasteiger partial charge on any atom is -0.228 e. The molecule has 0 atom stereocenters. The van der Waals surface area contributed by atoms with E-state index in [9.17, 15) is 5.26 Å². The van der Waals surface area contributed by atoms with E-state index in [1.54, 1.807) is 0 Å². The Labute approximate surface area is 293 Å². The number of benzene rings is 6. The molecule has 0 amide bonds. The van der Waals surface area contributed by atoms with Crippen molar-refractivity contribution in [3.8, 4) is 73.4 Å². The van der Waals surface area contributed by atoms with Crippen molar-refractivity contribution in [2.45, 2.75) is 37.5 Å². The van der Waals surface area contributed by atoms with Gasteiger partial charge in [0.15, 0.2) is 5.82 Å². The maximum Gasteiger partial charge on any atom is 0.160 e. The summed E-state index contributed by atoms with van der Waals surface area (Å²) in [5, 5.41) is 10.2. The molecule has 0 unspecified atom stereocenters. The molecule has 3 nitrogen and oxygen atoms in total. The zero-order chi connectivity index (χ0) is 33.5. The van der Waals surface area contributed by atoms with Gasteiger partial charge in [-0.25, -0.2) is 9.97 Å². The van der Waals surface area contributed by atoms with Gasteiger partial charge in [0.2, 0.25) is 0 Å². The largest absolute Gasteiger partial charge is 0.228 e. The molecule has 6 aromatic carbocycles. The van der Waals surface area contributed by atoms with Gasteiger partial charge in [0.25, 0.3) is 0 Å². The predicted molar refractivity (Wildman–Crippen MR) is 203 cm³/mol. The molecule has 238 valence electrons. The van der Waals surface area contributed by atoms with Crippen LogP contribution in [0.3, 0.4) is 0 Å². The van der Waals surface area contributed by atoms with Gasteiger partial charge in [-0.3, -0.25) is 0 Å². The molecular formula is C47H35N3. The Morgan fingerprint density at radius 2 is 1.02 bits per heavy atom. The molecule has 1 aromatic heterocycles. The topological polar surface area (TPSA) is 49.6 Å². The lowest BCUT2D eigenvalue weighted by molar-refractivity contribution is 0.352. The van der Waals surface area contributed by atoms with Gasteiger partial charge in [-0.1, -0.05) is 159 Å². The lowest BCUT2D eigenvalue weighted by Crippen LogP contribution is -2.29. The predicted octanol–water partition coefficient (Wildman–Crippen LogP) is 11.9. The summed E-state index contributed by atoms with van der Waals surface area (Å²) < 4.78 is 0. The average Bonchev–Trinajstić information content (AvgIpc) is 3.47. The molecule has 1 fully saturated rings. The first kappa shape index (κ1) is 30.0. The molecule has 9 rings (SSSR count). The summed E-state index contributed by atoms with van der Waals surface area (Å²) in [5.74, 6) is 0.706. The average molecular weight is 642 g/mol. The number of nitrogens with zero attached hydrogens (tertiary/aromatic N) is 3. The standard InChI is InChI=1S/C47H35N3/c48-31-38-16-10-18-40-44-39(17-11-19-41(44)47(45(38)40)28-8-3-9-29-47)34-22-26-36(27-23-34)43-30-42(49-46(50-43)37-14-6-2-7-15-37)35-24-20-33(21-25-35)32-12-4-1-5-13-32/h1-2,4-7,10-27,30H,3,8-9,28-29H2. The SMILES string of the molecule is N#Cc1cccc2c1C1(CCCCC1)c1cccc(-c3ccc(-c4cc(-c5ccc(-c6ccccc6)cc5)nc(-c5ccccc5)n4)cc3)c1-2. The van der Waals surface area contributed by atoms with E-state index in [2.05, 4.69) is 127 Å². The van der Waals surface area contributed by atoms with Crippen molar-refractivity contribution < 1.29 is 0 Å². The number of hydrogen-bond donors (Lipinski definition) is 0. The number of rotatable bonds is 5. The Hall–Kier alpha value is -6.11. The Balaban J connectivity index is 1.13. The van der Waals surface area contributed by atoms with E-state index in [0.29, 0.717) is 5.82 Å². The van der Waals surface area contributed by atoms with Gasteiger partial charge >= 0.3 is 0 Å². The van der Waals surface area contributed by atoms with Crippen molar-refractivity contribution in [2.75, 3.05) is 0 Å². The number of fused-ring (bicyclic) bond motifs is 5. The molecule has 2 aliphatic rings. The molecular weight excluding hydrogens is 607 g/mol. The summed E-state index contributed by atoms with van der Waals surface area (Å²) >= 11 is 0. The molecule has 1 spiro atoms. The highest BCUT2D eigenvalue weighted by molar-refractivity contribution is 5.94. The van der Waals surface area contributed by atoms with Gasteiger partial charge < -0.3 is 0 Å². The summed E-state index contributed by atoms with van der Waals surface area (Å²) in [4.78, 5) is 10.1. The summed E-state index contributed by atoms with van der Waals surface area (Å²) in [6.07, 6.45) is 5.85. The van der Waals surface area contributed by atoms with Gasteiger partial charge in [-0.15, -0.1) is 0 Å². The second-order valence-electron chi connectivity index (χ2n) is 13.6. The lowest BCUT2D eigenvalue weighted by atomic mass is 9.66. The first-order chi connectivity index (χ1) is 24.7. The Morgan fingerprint density at radius 1 is 0.480 bits per heavy atom. The van der Waals surface area contributed by atoms with Crippen LogP contribution in [0, 0.1) is 11.3 Å². The molecule has 0 aliphatic heterocycles. The van der Waals surface area contributed by atoms with Crippen molar-refractivity contribution in [3.05, 3.63) is 168 Å². The van der Waals surface area contributed by atoms with E-state index in [4.69, 9.17) is 9.97 Å². The molecule has 0 saturated heterocycles. The molecule has 7 aromatic rings. The summed E-state index contributed by atoms with van der Waals surface area (Å²) in [5.41, 5.74) is 15.5. The quantitative estimate of drug-likeness (QED) is 0.188. The monoisotopic (exact) mass is 641 g/mol. The van der Waals surface area contributed by atoms with Crippen molar-refractivity contribution >= 4 is 0 Å². The molecule has 1 heterocycles. The zero-order valence-corrected chi connectivity index (χ0v) is 27.8. The minimum atomic E-state index is -0.0737. The molecule has 0 bridgehead atoms. The van der Waals surface area contributed by atoms with E-state index < -0.39 is 0 Å². The highest BCUT2D eigenvalue weighted by Crippen LogP contribution is 2.58. The van der Waals surface area contributed by atoms with Crippen LogP contribution < -0.4 is 0 Å². The van der Waals surface area contributed by atoms with Crippen LogP contribution >= 0.6 is 0 Å². The fourth-order valence-corrected chi connectivity index (χ4v) is 8.40. The van der Waals surface area contributed by atoms with Crippen LogP contribution in [-0.4, -0.2) is 9.97 Å². The van der Waals surface area contributed by atoms with Crippen molar-refractivity contribution in [1.82, 2.24) is 9.97 Å². The smallest absolute Gasteiger partial charge is 0.160 e. The summed E-state index contributed by atoms with van der Waals surface area (Å²) in [7, 11) is 0. The third kappa shape index (κ3) is 5.04. The first-order valence-electron chi connectivity index (χ1n) is 17.6. The number of hydrogen-bond acceptors (Lipinski definition) is 3. The Kier molecular flexibility index (Phi) is 7.44. The van der Waals surface area contributed by atoms with E-state index in [-0.39, 0.29) is 5.41 Å². The maximum atomic E-state index is 10.2.